The van der Waals surface area contributed by atoms with E-state index in [9.17, 15) is 14.4 Å². The van der Waals surface area contributed by atoms with Crippen molar-refractivity contribution in [1.29, 1.82) is 0 Å². The number of hydrogen-bond acceptors (Lipinski definition) is 4. The molecule has 4 atom stereocenters. The van der Waals surface area contributed by atoms with E-state index >= 15 is 0 Å². The molecule has 6 rings (SSSR count). The molecular formula is C24H23N3O3. The van der Waals surface area contributed by atoms with E-state index in [1.54, 1.807) is 0 Å². The van der Waals surface area contributed by atoms with E-state index in [1.165, 1.54) is 4.90 Å². The number of aryl methyl sites for hydroxylation is 2. The van der Waals surface area contributed by atoms with Crippen LogP contribution < -0.4 is 10.2 Å². The van der Waals surface area contributed by atoms with Crippen molar-refractivity contribution in [2.24, 2.45) is 11.8 Å². The summed E-state index contributed by atoms with van der Waals surface area (Å²) in [5.74, 6) is -1.78. The Kier molecular flexibility index (Phi) is 3.44. The van der Waals surface area contributed by atoms with Crippen LogP contribution in [0.4, 0.5) is 11.4 Å². The Morgan fingerprint density at radius 2 is 1.70 bits per heavy atom. The van der Waals surface area contributed by atoms with Gasteiger partial charge in [-0.1, -0.05) is 35.4 Å². The molecule has 4 heterocycles. The Morgan fingerprint density at radius 3 is 2.47 bits per heavy atom. The summed E-state index contributed by atoms with van der Waals surface area (Å²) in [7, 11) is 0. The van der Waals surface area contributed by atoms with Gasteiger partial charge in [-0.2, -0.15) is 0 Å². The Bertz CT molecular complexity index is 1130. The van der Waals surface area contributed by atoms with Gasteiger partial charge in [0.05, 0.1) is 17.5 Å². The maximum atomic E-state index is 13.8. The predicted molar refractivity (Wildman–Crippen MR) is 112 cm³/mol. The molecule has 6 nitrogen and oxygen atoms in total. The summed E-state index contributed by atoms with van der Waals surface area (Å²) < 4.78 is 0. The number of hydrogen-bond donors (Lipinski definition) is 1. The van der Waals surface area contributed by atoms with Gasteiger partial charge in [0.25, 0.3) is 0 Å². The standard InChI is InChI=1S/C24H23N3O3/c1-13-5-8-15(9-6-13)27-21(28)19-18-4-3-11-26(18)24(20(19)22(27)29)16-12-14(2)7-10-17(16)25-23(24)30/h5-10,12,18-20H,3-4,11H2,1-2H3,(H,25,30)/t18-,19+,20+,24-/m0/s1. The molecule has 0 aliphatic carbocycles. The number of fused-ring (bicyclic) bond motifs is 7. The SMILES string of the molecule is Cc1ccc(N2C(=O)[C@@H]3[C@@H]4CCCN4[C@]4(C(=O)Nc5ccc(C)cc54)[C@H]3C2=O)cc1. The molecule has 3 fully saturated rings. The third-order valence-corrected chi connectivity index (χ3v) is 7.44. The molecule has 0 unspecified atom stereocenters. The lowest BCUT2D eigenvalue weighted by Crippen LogP contribution is -2.54. The second-order valence-electron chi connectivity index (χ2n) is 9.02. The normalized spacial score (nSPS) is 32.0. The van der Waals surface area contributed by atoms with Crippen molar-refractivity contribution in [2.45, 2.75) is 38.3 Å². The molecule has 2 aromatic carbocycles. The van der Waals surface area contributed by atoms with E-state index in [0.29, 0.717) is 5.69 Å². The molecular weight excluding hydrogens is 378 g/mol. The Labute approximate surface area is 174 Å². The van der Waals surface area contributed by atoms with Crippen LogP contribution in [0, 0.1) is 25.7 Å². The maximum Gasteiger partial charge on any atom is 0.250 e. The first kappa shape index (κ1) is 17.8. The molecule has 4 aliphatic rings. The molecule has 0 radical (unpaired) electrons. The fraction of sp³-hybridized carbons (Fsp3) is 0.375. The number of carbonyl (C=O) groups excluding carboxylic acids is 3. The van der Waals surface area contributed by atoms with Crippen molar-refractivity contribution in [2.75, 3.05) is 16.8 Å². The van der Waals surface area contributed by atoms with E-state index in [2.05, 4.69) is 10.2 Å². The summed E-state index contributed by atoms with van der Waals surface area (Å²) in [6.45, 7) is 4.69. The topological polar surface area (TPSA) is 69.7 Å². The summed E-state index contributed by atoms with van der Waals surface area (Å²) in [6, 6.07) is 13.2. The quantitative estimate of drug-likeness (QED) is 0.746. The molecule has 3 saturated heterocycles. The highest BCUT2D eigenvalue weighted by atomic mass is 16.2. The van der Waals surface area contributed by atoms with Gasteiger partial charge in [0.1, 0.15) is 5.54 Å². The van der Waals surface area contributed by atoms with Gasteiger partial charge in [-0.25, -0.2) is 4.90 Å². The Morgan fingerprint density at radius 1 is 0.967 bits per heavy atom. The summed E-state index contributed by atoms with van der Waals surface area (Å²) in [4.78, 5) is 44.5. The molecule has 1 N–H and O–H groups in total. The van der Waals surface area contributed by atoms with Crippen LogP contribution in [-0.4, -0.2) is 35.2 Å². The molecule has 0 bridgehead atoms. The average Bonchev–Trinajstić information content (AvgIpc) is 3.42. The number of imide groups is 1. The minimum Gasteiger partial charge on any atom is -0.324 e. The first-order valence-electron chi connectivity index (χ1n) is 10.6. The lowest BCUT2D eigenvalue weighted by molar-refractivity contribution is -0.135. The smallest absolute Gasteiger partial charge is 0.250 e. The van der Waals surface area contributed by atoms with Gasteiger partial charge >= 0.3 is 0 Å². The number of nitrogens with zero attached hydrogens (tertiary/aromatic N) is 2. The molecule has 6 heteroatoms. The third-order valence-electron chi connectivity index (χ3n) is 7.44. The second-order valence-corrected chi connectivity index (χ2v) is 9.02. The summed E-state index contributed by atoms with van der Waals surface area (Å²) in [5, 5.41) is 3.02. The van der Waals surface area contributed by atoms with E-state index < -0.39 is 17.4 Å². The largest absolute Gasteiger partial charge is 0.324 e. The van der Waals surface area contributed by atoms with Crippen LogP contribution in [-0.2, 0) is 19.9 Å². The van der Waals surface area contributed by atoms with Gasteiger partial charge < -0.3 is 5.32 Å². The molecule has 0 saturated carbocycles. The molecule has 3 amide bonds. The van der Waals surface area contributed by atoms with Crippen LogP contribution in [0.5, 0.6) is 0 Å². The first-order valence-corrected chi connectivity index (χ1v) is 10.6. The molecule has 4 aliphatic heterocycles. The number of amides is 3. The van der Waals surface area contributed by atoms with E-state index in [-0.39, 0.29) is 23.8 Å². The van der Waals surface area contributed by atoms with Crippen molar-refractivity contribution < 1.29 is 14.4 Å². The minimum absolute atomic E-state index is 0.0842. The lowest BCUT2D eigenvalue weighted by atomic mass is 9.75. The van der Waals surface area contributed by atoms with Crippen LogP contribution >= 0.6 is 0 Å². The average molecular weight is 401 g/mol. The highest BCUT2D eigenvalue weighted by Gasteiger charge is 2.74. The highest BCUT2D eigenvalue weighted by molar-refractivity contribution is 6.25. The zero-order chi connectivity index (χ0) is 20.8. The van der Waals surface area contributed by atoms with Gasteiger partial charge in [-0.15, -0.1) is 0 Å². The van der Waals surface area contributed by atoms with Gasteiger partial charge in [-0.3, -0.25) is 19.3 Å². The van der Waals surface area contributed by atoms with Crippen molar-refractivity contribution in [3.05, 3.63) is 59.2 Å². The van der Waals surface area contributed by atoms with Gasteiger partial charge in [0.15, 0.2) is 0 Å². The molecule has 1 spiro atoms. The summed E-state index contributed by atoms with van der Waals surface area (Å²) in [6.07, 6.45) is 1.76. The third kappa shape index (κ3) is 1.95. The van der Waals surface area contributed by atoms with Crippen LogP contribution in [0.2, 0.25) is 0 Å². The zero-order valence-electron chi connectivity index (χ0n) is 17.0. The van der Waals surface area contributed by atoms with Crippen LogP contribution in [0.1, 0.15) is 29.5 Å². The van der Waals surface area contributed by atoms with Crippen molar-refractivity contribution in [3.63, 3.8) is 0 Å². The van der Waals surface area contributed by atoms with Gasteiger partial charge in [0, 0.05) is 17.3 Å². The maximum absolute atomic E-state index is 13.8. The number of anilines is 2. The number of nitrogens with one attached hydrogen (secondary N) is 1. The van der Waals surface area contributed by atoms with Gasteiger partial charge in [0.2, 0.25) is 17.7 Å². The van der Waals surface area contributed by atoms with Crippen molar-refractivity contribution in [3.8, 4) is 0 Å². The molecule has 2 aromatic rings. The zero-order valence-corrected chi connectivity index (χ0v) is 17.0. The Hall–Kier alpha value is -2.99. The Balaban J connectivity index is 1.56. The summed E-state index contributed by atoms with van der Waals surface area (Å²) >= 11 is 0. The van der Waals surface area contributed by atoms with Crippen LogP contribution in [0.25, 0.3) is 0 Å². The van der Waals surface area contributed by atoms with E-state index in [4.69, 9.17) is 0 Å². The second kappa shape index (κ2) is 5.79. The van der Waals surface area contributed by atoms with E-state index in [1.807, 2.05) is 56.3 Å². The van der Waals surface area contributed by atoms with Crippen LogP contribution in [0.3, 0.4) is 0 Å². The van der Waals surface area contributed by atoms with Crippen molar-refractivity contribution in [1.82, 2.24) is 4.90 Å². The lowest BCUT2D eigenvalue weighted by Gasteiger charge is -2.36. The van der Waals surface area contributed by atoms with E-state index in [0.717, 1.165) is 41.8 Å². The molecule has 152 valence electrons. The predicted octanol–water partition coefficient (Wildman–Crippen LogP) is 2.73. The molecule has 0 aromatic heterocycles. The summed E-state index contributed by atoms with van der Waals surface area (Å²) in [5.41, 5.74) is 3.20. The number of benzene rings is 2. The van der Waals surface area contributed by atoms with Gasteiger partial charge in [-0.05, 0) is 51.4 Å². The highest BCUT2D eigenvalue weighted by Crippen LogP contribution is 2.60. The van der Waals surface area contributed by atoms with Crippen molar-refractivity contribution >= 4 is 29.1 Å². The fourth-order valence-electron chi connectivity index (χ4n) is 6.27. The monoisotopic (exact) mass is 401 g/mol. The number of rotatable bonds is 1. The van der Waals surface area contributed by atoms with Crippen LogP contribution in [0.15, 0.2) is 42.5 Å². The fourth-order valence-corrected chi connectivity index (χ4v) is 6.27. The minimum atomic E-state index is -1.10. The molecule has 30 heavy (non-hydrogen) atoms. The first-order chi connectivity index (χ1) is 14.4. The number of carbonyl (C=O) groups is 3.